The second-order valence-electron chi connectivity index (χ2n) is 5.00. The molecule has 0 amide bonds. The van der Waals surface area contributed by atoms with Crippen molar-refractivity contribution in [3.05, 3.63) is 18.2 Å². The van der Waals surface area contributed by atoms with Crippen LogP contribution in [0.4, 0.5) is 8.78 Å². The average molecular weight is 317 g/mol. The van der Waals surface area contributed by atoms with Gasteiger partial charge in [-0.3, -0.25) is 9.47 Å². The van der Waals surface area contributed by atoms with Gasteiger partial charge in [-0.05, 0) is 24.9 Å². The first-order valence-corrected chi connectivity index (χ1v) is 5.76. The third-order valence-corrected chi connectivity index (χ3v) is 3.45. The lowest BCUT2D eigenvalue weighted by Gasteiger charge is -2.22. The van der Waals surface area contributed by atoms with Crippen molar-refractivity contribution < 1.29 is 8.78 Å². The molecule has 8 heteroatoms. The zero-order valence-corrected chi connectivity index (χ0v) is 12.4. The topological polar surface area (TPSA) is 47.1 Å². The fraction of sp³-hybridized carbons (Fsp3) is 0.727. The summed E-state index contributed by atoms with van der Waals surface area (Å²) in [6.45, 7) is 2.45. The molecular formula is C11H20Cl2F2N4. The van der Waals surface area contributed by atoms with Gasteiger partial charge in [-0.1, -0.05) is 6.92 Å². The molecule has 1 aromatic heterocycles. The van der Waals surface area contributed by atoms with E-state index in [4.69, 9.17) is 5.73 Å². The van der Waals surface area contributed by atoms with E-state index in [-0.39, 0.29) is 30.2 Å². The van der Waals surface area contributed by atoms with E-state index in [9.17, 15) is 8.78 Å². The van der Waals surface area contributed by atoms with E-state index in [1.807, 2.05) is 0 Å². The highest BCUT2D eigenvalue weighted by molar-refractivity contribution is 5.85. The zero-order chi connectivity index (χ0) is 12.5. The van der Waals surface area contributed by atoms with Crippen molar-refractivity contribution in [1.82, 2.24) is 14.5 Å². The van der Waals surface area contributed by atoms with Crippen molar-refractivity contribution in [3.8, 4) is 0 Å². The predicted molar refractivity (Wildman–Crippen MR) is 75.0 cm³/mol. The molecule has 0 aromatic carbocycles. The number of nitrogens with two attached hydrogens (primary N) is 1. The van der Waals surface area contributed by atoms with Crippen LogP contribution in [0.25, 0.3) is 0 Å². The van der Waals surface area contributed by atoms with Gasteiger partial charge in [-0.2, -0.15) is 8.78 Å². The first-order valence-electron chi connectivity index (χ1n) is 5.76. The molecule has 0 spiro atoms. The first-order chi connectivity index (χ1) is 8.04. The molecule has 1 aliphatic heterocycles. The fourth-order valence-electron chi connectivity index (χ4n) is 2.27. The summed E-state index contributed by atoms with van der Waals surface area (Å²) in [4.78, 5) is 6.12. The lowest BCUT2D eigenvalue weighted by atomic mass is 9.90. The lowest BCUT2D eigenvalue weighted by molar-refractivity contribution is 0.0643. The van der Waals surface area contributed by atoms with Crippen LogP contribution in [0.15, 0.2) is 12.4 Å². The summed E-state index contributed by atoms with van der Waals surface area (Å²) >= 11 is 0. The van der Waals surface area contributed by atoms with Crippen LogP contribution in [0.2, 0.25) is 0 Å². The van der Waals surface area contributed by atoms with Crippen LogP contribution in [-0.2, 0) is 6.54 Å². The highest BCUT2D eigenvalue weighted by Gasteiger charge is 2.32. The molecule has 112 valence electrons. The zero-order valence-electron chi connectivity index (χ0n) is 10.8. The molecule has 0 saturated carbocycles. The summed E-state index contributed by atoms with van der Waals surface area (Å²) in [5, 5.41) is 0. The molecular weight excluding hydrogens is 297 g/mol. The quantitative estimate of drug-likeness (QED) is 0.927. The number of alkyl halides is 2. The van der Waals surface area contributed by atoms with E-state index in [0.29, 0.717) is 18.9 Å². The Morgan fingerprint density at radius 3 is 2.68 bits per heavy atom. The highest BCUT2D eigenvalue weighted by Crippen LogP contribution is 2.29. The Labute approximate surface area is 124 Å². The monoisotopic (exact) mass is 316 g/mol. The molecule has 1 atom stereocenters. The van der Waals surface area contributed by atoms with Gasteiger partial charge in [0.15, 0.2) is 0 Å². The van der Waals surface area contributed by atoms with Crippen LogP contribution < -0.4 is 5.73 Å². The van der Waals surface area contributed by atoms with E-state index in [1.54, 1.807) is 0 Å². The van der Waals surface area contributed by atoms with Gasteiger partial charge >= 0.3 is 6.55 Å². The molecule has 1 aliphatic rings. The van der Waals surface area contributed by atoms with Crippen LogP contribution in [0.5, 0.6) is 0 Å². The van der Waals surface area contributed by atoms with Crippen molar-refractivity contribution in [2.75, 3.05) is 19.6 Å². The largest absolute Gasteiger partial charge is 0.330 e. The molecule has 2 N–H and O–H groups in total. The first kappa shape index (κ1) is 18.6. The summed E-state index contributed by atoms with van der Waals surface area (Å²) in [7, 11) is 0. The maximum atomic E-state index is 12.6. The molecule has 0 radical (unpaired) electrons. The molecule has 2 rings (SSSR count). The van der Waals surface area contributed by atoms with Gasteiger partial charge in [-0.15, -0.1) is 24.8 Å². The summed E-state index contributed by atoms with van der Waals surface area (Å²) < 4.78 is 26.2. The van der Waals surface area contributed by atoms with Crippen LogP contribution in [0.1, 0.15) is 25.7 Å². The molecule has 4 nitrogen and oxygen atoms in total. The Balaban J connectivity index is 0.00000162. The van der Waals surface area contributed by atoms with Gasteiger partial charge in [0, 0.05) is 18.9 Å². The third-order valence-electron chi connectivity index (χ3n) is 3.45. The third kappa shape index (κ3) is 4.27. The predicted octanol–water partition coefficient (Wildman–Crippen LogP) is 2.29. The molecule has 0 bridgehead atoms. The number of hydrogen-bond donors (Lipinski definition) is 1. The highest BCUT2D eigenvalue weighted by atomic mass is 35.5. The van der Waals surface area contributed by atoms with Crippen LogP contribution in [-0.4, -0.2) is 34.1 Å². The smallest absolute Gasteiger partial charge is 0.319 e. The average Bonchev–Trinajstić information content (AvgIpc) is 2.87. The summed E-state index contributed by atoms with van der Waals surface area (Å²) in [6.07, 6.45) is 3.75. The van der Waals surface area contributed by atoms with Crippen molar-refractivity contribution in [2.24, 2.45) is 11.1 Å². The molecule has 1 unspecified atom stereocenters. The number of nitrogens with zero attached hydrogens (tertiary/aromatic N) is 3. The second kappa shape index (κ2) is 7.38. The minimum Gasteiger partial charge on any atom is -0.330 e. The Bertz CT molecular complexity index is 389. The SMILES string of the molecule is CC1(CN)CCN(Cc2nccn2C(F)F)C1.Cl.Cl. The van der Waals surface area contributed by atoms with Crippen molar-refractivity contribution in [1.29, 1.82) is 0 Å². The normalized spacial score (nSPS) is 23.2. The lowest BCUT2D eigenvalue weighted by Crippen LogP contribution is -2.31. The van der Waals surface area contributed by atoms with E-state index < -0.39 is 6.55 Å². The van der Waals surface area contributed by atoms with Gasteiger partial charge in [-0.25, -0.2) is 4.98 Å². The second-order valence-corrected chi connectivity index (χ2v) is 5.00. The Morgan fingerprint density at radius 2 is 2.16 bits per heavy atom. The number of halogens is 4. The van der Waals surface area contributed by atoms with Crippen molar-refractivity contribution >= 4 is 24.8 Å². The molecule has 1 saturated heterocycles. The van der Waals surface area contributed by atoms with Crippen molar-refractivity contribution in [2.45, 2.75) is 26.4 Å². The van der Waals surface area contributed by atoms with E-state index in [1.165, 1.54) is 12.4 Å². The standard InChI is InChI=1S/C11H18F2N4.2ClH/c1-11(7-14)2-4-16(8-11)6-9-15-3-5-17(9)10(12)13;;/h3,5,10H,2,4,6-8,14H2,1H3;2*1H. The molecule has 1 fully saturated rings. The number of aromatic nitrogens is 2. The van der Waals surface area contributed by atoms with Gasteiger partial charge in [0.05, 0.1) is 6.54 Å². The van der Waals surface area contributed by atoms with E-state index >= 15 is 0 Å². The van der Waals surface area contributed by atoms with E-state index in [2.05, 4.69) is 16.8 Å². The van der Waals surface area contributed by atoms with E-state index in [0.717, 1.165) is 24.1 Å². The summed E-state index contributed by atoms with van der Waals surface area (Å²) in [6, 6.07) is 0. The summed E-state index contributed by atoms with van der Waals surface area (Å²) in [5.74, 6) is 0.418. The number of likely N-dealkylation sites (tertiary alicyclic amines) is 1. The maximum absolute atomic E-state index is 12.6. The van der Waals surface area contributed by atoms with Crippen molar-refractivity contribution in [3.63, 3.8) is 0 Å². The molecule has 2 heterocycles. The molecule has 1 aromatic rings. The number of imidazole rings is 1. The van der Waals surface area contributed by atoms with Gasteiger partial charge in [0.25, 0.3) is 0 Å². The van der Waals surface area contributed by atoms with Crippen LogP contribution in [0.3, 0.4) is 0 Å². The van der Waals surface area contributed by atoms with Crippen LogP contribution in [0, 0.1) is 5.41 Å². The Morgan fingerprint density at radius 1 is 1.47 bits per heavy atom. The van der Waals surface area contributed by atoms with Gasteiger partial charge < -0.3 is 5.73 Å². The van der Waals surface area contributed by atoms with Crippen LogP contribution >= 0.6 is 24.8 Å². The van der Waals surface area contributed by atoms with Gasteiger partial charge in [0.1, 0.15) is 5.82 Å². The number of rotatable bonds is 4. The maximum Gasteiger partial charge on any atom is 0.319 e. The Kier molecular flexibility index (Phi) is 7.21. The Hall–Kier alpha value is -0.430. The fourth-order valence-corrected chi connectivity index (χ4v) is 2.27. The summed E-state index contributed by atoms with van der Waals surface area (Å²) in [5.41, 5.74) is 5.83. The molecule has 19 heavy (non-hydrogen) atoms. The minimum absolute atomic E-state index is 0. The van der Waals surface area contributed by atoms with Gasteiger partial charge in [0.2, 0.25) is 0 Å². The molecule has 0 aliphatic carbocycles. The number of hydrogen-bond acceptors (Lipinski definition) is 3. The minimum atomic E-state index is -2.52.